The Morgan fingerprint density at radius 3 is 2.47 bits per heavy atom. The highest BCUT2D eigenvalue weighted by atomic mass is 35.5. The van der Waals surface area contributed by atoms with Crippen molar-refractivity contribution >= 4 is 11.6 Å². The van der Waals surface area contributed by atoms with Gasteiger partial charge in [-0.1, -0.05) is 42.8 Å². The fourth-order valence-electron chi connectivity index (χ4n) is 5.04. The van der Waals surface area contributed by atoms with E-state index in [-0.39, 0.29) is 11.8 Å². The Morgan fingerprint density at radius 1 is 1.13 bits per heavy atom. The lowest BCUT2D eigenvalue weighted by Crippen LogP contribution is -2.48. The summed E-state index contributed by atoms with van der Waals surface area (Å²) in [7, 11) is 0. The molecular weight excluding hydrogens is 404 g/mol. The van der Waals surface area contributed by atoms with Crippen molar-refractivity contribution in [3.05, 3.63) is 64.2 Å². The van der Waals surface area contributed by atoms with Crippen LogP contribution >= 0.6 is 11.6 Å². The second-order valence-electron chi connectivity index (χ2n) is 8.47. The van der Waals surface area contributed by atoms with Crippen LogP contribution in [0.2, 0.25) is 5.02 Å². The summed E-state index contributed by atoms with van der Waals surface area (Å²) in [6.45, 7) is 6.19. The molecule has 1 aliphatic heterocycles. The molecule has 1 aliphatic carbocycles. The monoisotopic (exact) mass is 432 g/mol. The molecule has 30 heavy (non-hydrogen) atoms. The molecule has 3 N–H and O–H groups in total. The van der Waals surface area contributed by atoms with Crippen LogP contribution in [-0.4, -0.2) is 45.8 Å². The first kappa shape index (κ1) is 21.6. The van der Waals surface area contributed by atoms with Crippen LogP contribution in [0.3, 0.4) is 0 Å². The highest BCUT2D eigenvalue weighted by Gasteiger charge is 2.73. The van der Waals surface area contributed by atoms with Crippen LogP contribution in [0.25, 0.3) is 0 Å². The molecule has 2 aromatic carbocycles. The molecule has 0 spiro atoms. The lowest BCUT2D eigenvalue weighted by atomic mass is 9.90. The van der Waals surface area contributed by atoms with Crippen molar-refractivity contribution in [1.29, 1.82) is 0 Å². The number of benzene rings is 2. The predicted molar refractivity (Wildman–Crippen MR) is 115 cm³/mol. The van der Waals surface area contributed by atoms with Crippen LogP contribution < -0.4 is 4.74 Å². The fourth-order valence-corrected chi connectivity index (χ4v) is 5.22. The highest BCUT2D eigenvalue weighted by Crippen LogP contribution is 2.63. The Morgan fingerprint density at radius 2 is 1.83 bits per heavy atom. The van der Waals surface area contributed by atoms with E-state index >= 15 is 0 Å². The van der Waals surface area contributed by atoms with Gasteiger partial charge in [0.25, 0.3) is 0 Å². The SMILES string of the molecule is CCOc1ccc(Cc2cc(C3OC4(C(C)O)C(C)C4C(O)C3O)ccc2Cl)cc1. The maximum absolute atomic E-state index is 10.7. The molecular formula is C24H29ClO5. The Balaban J connectivity index is 1.59. The van der Waals surface area contributed by atoms with Crippen LogP contribution in [0, 0.1) is 11.8 Å². The van der Waals surface area contributed by atoms with E-state index in [1.54, 1.807) is 13.0 Å². The van der Waals surface area contributed by atoms with Gasteiger partial charge in [-0.2, -0.15) is 0 Å². The zero-order chi connectivity index (χ0) is 21.6. The Labute approximate surface area is 182 Å². The summed E-state index contributed by atoms with van der Waals surface area (Å²) in [6, 6.07) is 13.4. The molecule has 0 bridgehead atoms. The second-order valence-corrected chi connectivity index (χ2v) is 8.88. The first-order valence-electron chi connectivity index (χ1n) is 10.5. The summed E-state index contributed by atoms with van der Waals surface area (Å²) in [5, 5.41) is 32.3. The van der Waals surface area contributed by atoms with E-state index in [1.807, 2.05) is 50.2 Å². The predicted octanol–water partition coefficient (Wildman–Crippen LogP) is 3.51. The smallest absolute Gasteiger partial charge is 0.119 e. The van der Waals surface area contributed by atoms with Crippen LogP contribution in [0.4, 0.5) is 0 Å². The normalized spacial score (nSPS) is 33.6. The first-order chi connectivity index (χ1) is 14.3. The van der Waals surface area contributed by atoms with Crippen LogP contribution in [-0.2, 0) is 11.2 Å². The van der Waals surface area contributed by atoms with E-state index in [0.717, 1.165) is 22.4 Å². The van der Waals surface area contributed by atoms with Gasteiger partial charge in [-0.05, 0) is 61.1 Å². The number of ether oxygens (including phenoxy) is 2. The van der Waals surface area contributed by atoms with Crippen molar-refractivity contribution in [2.75, 3.05) is 6.61 Å². The molecule has 2 aromatic rings. The van der Waals surface area contributed by atoms with Gasteiger partial charge >= 0.3 is 0 Å². The summed E-state index contributed by atoms with van der Waals surface area (Å²) >= 11 is 6.45. The molecule has 2 aliphatic rings. The average Bonchev–Trinajstić information content (AvgIpc) is 3.34. The Bertz CT molecular complexity index is 899. The maximum Gasteiger partial charge on any atom is 0.119 e. The van der Waals surface area contributed by atoms with Gasteiger partial charge in [0.1, 0.15) is 23.6 Å². The average molecular weight is 433 g/mol. The summed E-state index contributed by atoms with van der Waals surface area (Å²) in [5.41, 5.74) is 1.90. The van der Waals surface area contributed by atoms with E-state index in [0.29, 0.717) is 18.1 Å². The van der Waals surface area contributed by atoms with E-state index in [1.165, 1.54) is 0 Å². The molecule has 0 aromatic heterocycles. The molecule has 6 heteroatoms. The van der Waals surface area contributed by atoms with Crippen molar-refractivity contribution in [3.63, 3.8) is 0 Å². The molecule has 0 radical (unpaired) electrons. The Hall–Kier alpha value is -1.63. The quantitative estimate of drug-likeness (QED) is 0.651. The fraction of sp³-hybridized carbons (Fsp3) is 0.500. The van der Waals surface area contributed by atoms with Gasteiger partial charge in [-0.15, -0.1) is 0 Å². The minimum atomic E-state index is -1.06. The van der Waals surface area contributed by atoms with Gasteiger partial charge in [0, 0.05) is 10.9 Å². The molecule has 1 heterocycles. The molecule has 7 atom stereocenters. The highest BCUT2D eigenvalue weighted by molar-refractivity contribution is 6.31. The molecule has 2 fully saturated rings. The molecule has 1 saturated heterocycles. The first-order valence-corrected chi connectivity index (χ1v) is 10.9. The van der Waals surface area contributed by atoms with E-state index < -0.39 is 30.0 Å². The molecule has 4 rings (SSSR count). The number of hydrogen-bond donors (Lipinski definition) is 3. The van der Waals surface area contributed by atoms with Crippen LogP contribution in [0.5, 0.6) is 5.75 Å². The molecule has 5 nitrogen and oxygen atoms in total. The molecule has 1 saturated carbocycles. The Kier molecular flexibility index (Phi) is 5.86. The zero-order valence-electron chi connectivity index (χ0n) is 17.5. The molecule has 162 valence electrons. The van der Waals surface area contributed by atoms with Crippen LogP contribution in [0.1, 0.15) is 43.6 Å². The van der Waals surface area contributed by atoms with E-state index in [4.69, 9.17) is 21.1 Å². The van der Waals surface area contributed by atoms with Gasteiger partial charge in [0.05, 0.1) is 18.8 Å². The van der Waals surface area contributed by atoms with Gasteiger partial charge in [-0.25, -0.2) is 0 Å². The lowest BCUT2D eigenvalue weighted by molar-refractivity contribution is -0.202. The largest absolute Gasteiger partial charge is 0.494 e. The maximum atomic E-state index is 10.7. The third kappa shape index (κ3) is 3.53. The molecule has 0 amide bonds. The lowest BCUT2D eigenvalue weighted by Gasteiger charge is -2.38. The summed E-state index contributed by atoms with van der Waals surface area (Å²) in [5.74, 6) is 0.535. The summed E-state index contributed by atoms with van der Waals surface area (Å²) < 4.78 is 11.8. The molecule has 7 unspecified atom stereocenters. The van der Waals surface area contributed by atoms with Crippen molar-refractivity contribution in [2.45, 2.75) is 57.2 Å². The van der Waals surface area contributed by atoms with Gasteiger partial charge in [-0.3, -0.25) is 0 Å². The van der Waals surface area contributed by atoms with E-state index in [9.17, 15) is 15.3 Å². The number of fused-ring (bicyclic) bond motifs is 1. The third-order valence-electron chi connectivity index (χ3n) is 6.70. The van der Waals surface area contributed by atoms with Crippen molar-refractivity contribution in [1.82, 2.24) is 0 Å². The van der Waals surface area contributed by atoms with Gasteiger partial charge < -0.3 is 24.8 Å². The minimum Gasteiger partial charge on any atom is -0.494 e. The standard InChI is InChI=1S/C24H29ClO5/c1-4-29-18-8-5-15(6-9-18)11-17-12-16(7-10-19(17)25)23-22(28)21(27)20-13(2)24(20,30-23)14(3)26/h5-10,12-14,20-23,26-28H,4,11H2,1-3H3. The van der Waals surface area contributed by atoms with Gasteiger partial charge in [0.2, 0.25) is 0 Å². The number of rotatable bonds is 6. The minimum absolute atomic E-state index is 0.0252. The zero-order valence-corrected chi connectivity index (χ0v) is 18.2. The number of hydrogen-bond acceptors (Lipinski definition) is 5. The topological polar surface area (TPSA) is 79.2 Å². The number of aliphatic hydroxyl groups is 3. The third-order valence-corrected chi connectivity index (χ3v) is 7.07. The number of halogens is 1. The number of aliphatic hydroxyl groups excluding tert-OH is 3. The van der Waals surface area contributed by atoms with Crippen molar-refractivity contribution in [2.24, 2.45) is 11.8 Å². The summed E-state index contributed by atoms with van der Waals surface area (Å²) in [6.07, 6.45) is -2.86. The van der Waals surface area contributed by atoms with E-state index in [2.05, 4.69) is 0 Å². The van der Waals surface area contributed by atoms with Crippen LogP contribution in [0.15, 0.2) is 42.5 Å². The summed E-state index contributed by atoms with van der Waals surface area (Å²) in [4.78, 5) is 0. The van der Waals surface area contributed by atoms with Crippen molar-refractivity contribution < 1.29 is 24.8 Å². The second kappa shape index (κ2) is 8.13. The van der Waals surface area contributed by atoms with Gasteiger partial charge in [0.15, 0.2) is 0 Å². The van der Waals surface area contributed by atoms with Crippen molar-refractivity contribution in [3.8, 4) is 5.75 Å².